The highest BCUT2D eigenvalue weighted by Gasteiger charge is 2.21. The van der Waals surface area contributed by atoms with Crippen molar-refractivity contribution in [2.24, 2.45) is 0 Å². The number of carbonyl (C=O) groups excluding carboxylic acids is 1. The molecule has 3 aromatic rings. The SMILES string of the molecule is CC(=O)N(c1nc(COc2ccc(C)cc2[N+](=O)[O-])cs1)c1cccc(C)c1C. The summed E-state index contributed by atoms with van der Waals surface area (Å²) in [6, 6.07) is 10.6. The van der Waals surface area contributed by atoms with Crippen LogP contribution in [-0.4, -0.2) is 15.8 Å². The molecular formula is C21H21N3O4S. The molecule has 0 bridgehead atoms. The number of hydrogen-bond acceptors (Lipinski definition) is 6. The first-order chi connectivity index (χ1) is 13.8. The molecule has 1 amide bonds. The topological polar surface area (TPSA) is 85.6 Å². The van der Waals surface area contributed by atoms with Crippen LogP contribution in [0.2, 0.25) is 0 Å². The Morgan fingerprint density at radius 2 is 2.00 bits per heavy atom. The number of nitrogens with zero attached hydrogens (tertiary/aromatic N) is 3. The van der Waals surface area contributed by atoms with Crippen molar-refractivity contribution in [3.05, 3.63) is 74.3 Å². The molecule has 0 atom stereocenters. The average Bonchev–Trinajstić information content (AvgIpc) is 3.12. The molecule has 0 unspecified atom stereocenters. The van der Waals surface area contributed by atoms with Gasteiger partial charge >= 0.3 is 5.69 Å². The highest BCUT2D eigenvalue weighted by atomic mass is 32.1. The molecule has 0 fully saturated rings. The molecule has 1 heterocycles. The van der Waals surface area contributed by atoms with E-state index in [-0.39, 0.29) is 24.0 Å². The Hall–Kier alpha value is -3.26. The standard InChI is InChI=1S/C21H21N3O4S/c1-13-8-9-20(19(10-13)24(26)27)28-11-17-12-29-21(22-17)23(16(4)25)18-7-5-6-14(2)15(18)3/h5-10,12H,11H2,1-4H3. The molecule has 0 saturated heterocycles. The number of nitro benzene ring substituents is 1. The zero-order chi connectivity index (χ0) is 21.1. The molecule has 0 aliphatic rings. The number of nitro groups is 1. The first kappa shape index (κ1) is 20.5. The summed E-state index contributed by atoms with van der Waals surface area (Å²) < 4.78 is 5.64. The second kappa shape index (κ2) is 8.40. The molecule has 1 aromatic heterocycles. The molecule has 0 N–H and O–H groups in total. The maximum absolute atomic E-state index is 12.3. The zero-order valence-electron chi connectivity index (χ0n) is 16.6. The molecule has 0 aliphatic heterocycles. The Morgan fingerprint density at radius 3 is 2.69 bits per heavy atom. The summed E-state index contributed by atoms with van der Waals surface area (Å²) in [5.41, 5.74) is 4.17. The Labute approximate surface area is 172 Å². The van der Waals surface area contributed by atoms with Gasteiger partial charge in [-0.3, -0.25) is 19.8 Å². The van der Waals surface area contributed by atoms with Gasteiger partial charge in [-0.2, -0.15) is 0 Å². The van der Waals surface area contributed by atoms with E-state index in [2.05, 4.69) is 4.98 Å². The molecule has 0 spiro atoms. The number of aromatic nitrogens is 1. The Kier molecular flexibility index (Phi) is 5.93. The number of thiazole rings is 1. The lowest BCUT2D eigenvalue weighted by atomic mass is 10.1. The number of carbonyl (C=O) groups is 1. The first-order valence-electron chi connectivity index (χ1n) is 8.97. The van der Waals surface area contributed by atoms with Gasteiger partial charge in [0, 0.05) is 18.4 Å². The molecule has 3 rings (SSSR count). The van der Waals surface area contributed by atoms with Crippen molar-refractivity contribution in [3.8, 4) is 5.75 Å². The number of anilines is 2. The highest BCUT2D eigenvalue weighted by Crippen LogP contribution is 2.33. The van der Waals surface area contributed by atoms with Crippen LogP contribution in [0, 0.1) is 30.9 Å². The van der Waals surface area contributed by atoms with Crippen molar-refractivity contribution >= 4 is 33.8 Å². The summed E-state index contributed by atoms with van der Waals surface area (Å²) in [5, 5.41) is 13.6. The predicted octanol–water partition coefficient (Wildman–Crippen LogP) is 5.24. The van der Waals surface area contributed by atoms with Crippen LogP contribution in [0.25, 0.3) is 0 Å². The average molecular weight is 411 g/mol. The van der Waals surface area contributed by atoms with Gasteiger partial charge in [-0.1, -0.05) is 18.2 Å². The number of ether oxygens (including phenoxy) is 1. The number of benzene rings is 2. The fourth-order valence-corrected chi connectivity index (χ4v) is 3.76. The van der Waals surface area contributed by atoms with E-state index in [1.54, 1.807) is 29.3 Å². The van der Waals surface area contributed by atoms with Gasteiger partial charge in [0.25, 0.3) is 0 Å². The van der Waals surface area contributed by atoms with Gasteiger partial charge < -0.3 is 4.74 Å². The molecule has 0 aliphatic carbocycles. The molecule has 0 saturated carbocycles. The largest absolute Gasteiger partial charge is 0.480 e. The van der Waals surface area contributed by atoms with E-state index in [1.165, 1.54) is 24.3 Å². The van der Waals surface area contributed by atoms with Gasteiger partial charge in [-0.05, 0) is 49.6 Å². The lowest BCUT2D eigenvalue weighted by Gasteiger charge is -2.21. The van der Waals surface area contributed by atoms with E-state index >= 15 is 0 Å². The van der Waals surface area contributed by atoms with Crippen LogP contribution < -0.4 is 9.64 Å². The summed E-state index contributed by atoms with van der Waals surface area (Å²) in [5.74, 6) is 0.0443. The van der Waals surface area contributed by atoms with Crippen LogP contribution in [0.15, 0.2) is 41.8 Å². The number of amides is 1. The lowest BCUT2D eigenvalue weighted by molar-refractivity contribution is -0.386. The second-order valence-electron chi connectivity index (χ2n) is 6.71. The van der Waals surface area contributed by atoms with Crippen molar-refractivity contribution in [1.82, 2.24) is 4.98 Å². The summed E-state index contributed by atoms with van der Waals surface area (Å²) in [6.07, 6.45) is 0. The quantitative estimate of drug-likeness (QED) is 0.409. The maximum Gasteiger partial charge on any atom is 0.311 e. The fourth-order valence-electron chi connectivity index (χ4n) is 2.89. The molecular weight excluding hydrogens is 390 g/mol. The van der Waals surface area contributed by atoms with E-state index in [4.69, 9.17) is 4.74 Å². The van der Waals surface area contributed by atoms with Gasteiger partial charge in [-0.15, -0.1) is 11.3 Å². The number of rotatable bonds is 6. The van der Waals surface area contributed by atoms with Crippen molar-refractivity contribution in [2.45, 2.75) is 34.3 Å². The molecule has 2 aromatic carbocycles. The van der Waals surface area contributed by atoms with Crippen LogP contribution in [-0.2, 0) is 11.4 Å². The molecule has 0 radical (unpaired) electrons. The van der Waals surface area contributed by atoms with Crippen molar-refractivity contribution in [3.63, 3.8) is 0 Å². The smallest absolute Gasteiger partial charge is 0.311 e. The monoisotopic (exact) mass is 411 g/mol. The minimum atomic E-state index is -0.465. The van der Waals surface area contributed by atoms with Crippen LogP contribution >= 0.6 is 11.3 Å². The summed E-state index contributed by atoms with van der Waals surface area (Å²) in [6.45, 7) is 7.31. The normalized spacial score (nSPS) is 10.6. The minimum Gasteiger partial charge on any atom is -0.480 e. The predicted molar refractivity (Wildman–Crippen MR) is 113 cm³/mol. The van der Waals surface area contributed by atoms with Gasteiger partial charge in [0.2, 0.25) is 5.91 Å². The van der Waals surface area contributed by atoms with E-state index in [0.717, 1.165) is 22.4 Å². The third-order valence-corrected chi connectivity index (χ3v) is 5.42. The third kappa shape index (κ3) is 4.43. The third-order valence-electron chi connectivity index (χ3n) is 4.55. The van der Waals surface area contributed by atoms with Crippen molar-refractivity contribution < 1.29 is 14.5 Å². The van der Waals surface area contributed by atoms with Crippen LogP contribution in [0.1, 0.15) is 29.3 Å². The van der Waals surface area contributed by atoms with E-state index in [1.807, 2.05) is 32.0 Å². The molecule has 150 valence electrons. The van der Waals surface area contributed by atoms with Gasteiger partial charge in [0.05, 0.1) is 16.3 Å². The zero-order valence-corrected chi connectivity index (χ0v) is 17.4. The van der Waals surface area contributed by atoms with E-state index in [0.29, 0.717) is 10.8 Å². The summed E-state index contributed by atoms with van der Waals surface area (Å²) in [7, 11) is 0. The summed E-state index contributed by atoms with van der Waals surface area (Å²) >= 11 is 1.32. The van der Waals surface area contributed by atoms with Gasteiger partial charge in [0.1, 0.15) is 6.61 Å². The Bertz CT molecular complexity index is 1080. The molecule has 7 nitrogen and oxygen atoms in total. The van der Waals surface area contributed by atoms with Crippen LogP contribution in [0.4, 0.5) is 16.5 Å². The van der Waals surface area contributed by atoms with Crippen molar-refractivity contribution in [1.29, 1.82) is 0 Å². The molecule has 8 heteroatoms. The summed E-state index contributed by atoms with van der Waals surface area (Å²) in [4.78, 5) is 29.2. The van der Waals surface area contributed by atoms with Crippen LogP contribution in [0.5, 0.6) is 5.75 Å². The lowest BCUT2D eigenvalue weighted by Crippen LogP contribution is -2.23. The molecule has 29 heavy (non-hydrogen) atoms. The minimum absolute atomic E-state index is 0.0684. The number of aryl methyl sites for hydroxylation is 2. The first-order valence-corrected chi connectivity index (χ1v) is 9.85. The second-order valence-corrected chi connectivity index (χ2v) is 7.55. The van der Waals surface area contributed by atoms with E-state index < -0.39 is 4.92 Å². The maximum atomic E-state index is 12.3. The van der Waals surface area contributed by atoms with Crippen molar-refractivity contribution in [2.75, 3.05) is 4.90 Å². The Morgan fingerprint density at radius 1 is 1.24 bits per heavy atom. The van der Waals surface area contributed by atoms with Crippen LogP contribution in [0.3, 0.4) is 0 Å². The van der Waals surface area contributed by atoms with E-state index in [9.17, 15) is 14.9 Å². The van der Waals surface area contributed by atoms with Gasteiger partial charge in [-0.25, -0.2) is 4.98 Å². The highest BCUT2D eigenvalue weighted by molar-refractivity contribution is 7.14. The fraction of sp³-hybridized carbons (Fsp3) is 0.238. The van der Waals surface area contributed by atoms with Gasteiger partial charge in [0.15, 0.2) is 10.9 Å². The Balaban J connectivity index is 1.84. The number of hydrogen-bond donors (Lipinski definition) is 0.